The maximum absolute atomic E-state index is 14.7. The molecule has 0 radical (unpaired) electrons. The minimum atomic E-state index is -1.63. The average Bonchev–Trinajstić information content (AvgIpc) is 3.49. The van der Waals surface area contributed by atoms with Crippen molar-refractivity contribution in [3.8, 4) is 0 Å². The molecule has 0 aromatic rings. The largest absolute Gasteiger partial charge is 0.479 e. The van der Waals surface area contributed by atoms with Gasteiger partial charge in [-0.3, -0.25) is 19.6 Å². The Morgan fingerprint density at radius 2 is 1.83 bits per heavy atom. The Kier molecular flexibility index (Phi) is 11.2. The van der Waals surface area contributed by atoms with Crippen LogP contribution in [0.1, 0.15) is 58.8 Å². The first-order chi connectivity index (χ1) is 22.5. The lowest BCUT2D eigenvalue weighted by atomic mass is 9.69. The van der Waals surface area contributed by atoms with Crippen molar-refractivity contribution < 1.29 is 19.8 Å². The van der Waals surface area contributed by atoms with Crippen molar-refractivity contribution in [3.05, 3.63) is 120 Å². The standard InChI is InChI=1S/C37H41N3O4.C2H6/c41-34(35(42)43)33-25-37(22-24-39(33)26-29-16-8-3-4-11-23-38-29)31-18-9-5-10-19-32(31)40(36(37)44)30-17-12-15-28(20-21-30)27-13-6-1-2-7-14-27;1-2/h1,3-4,6-10,12,14,16-21,27,33-34,41H,2,5,11,13,15,22-26H2,(H,42,43);1-2H3/b4-3-,16-8-,38-29?;. The number of carbonyl (C=O) groups excluding carboxylic acids is 1. The van der Waals surface area contributed by atoms with Crippen LogP contribution in [0.5, 0.6) is 0 Å². The number of hydrogen-bond donors (Lipinski definition) is 2. The van der Waals surface area contributed by atoms with Gasteiger partial charge >= 0.3 is 5.97 Å². The summed E-state index contributed by atoms with van der Waals surface area (Å²) in [5, 5.41) is 21.0. The molecule has 0 aromatic carbocycles. The first-order valence-corrected chi connectivity index (χ1v) is 16.8. The van der Waals surface area contributed by atoms with Crippen LogP contribution in [-0.2, 0) is 9.59 Å². The van der Waals surface area contributed by atoms with Gasteiger partial charge in [-0.05, 0) is 74.8 Å². The summed E-state index contributed by atoms with van der Waals surface area (Å²) in [6.45, 7) is 5.54. The topological polar surface area (TPSA) is 93.4 Å². The Bertz CT molecular complexity index is 1510. The lowest BCUT2D eigenvalue weighted by molar-refractivity contribution is -0.154. The summed E-state index contributed by atoms with van der Waals surface area (Å²) in [5.74, 6) is -1.00. The Morgan fingerprint density at radius 1 is 1.00 bits per heavy atom. The highest BCUT2D eigenvalue weighted by atomic mass is 16.4. The smallest absolute Gasteiger partial charge is 0.334 e. The van der Waals surface area contributed by atoms with Crippen molar-refractivity contribution in [3.63, 3.8) is 0 Å². The average molecular weight is 622 g/mol. The third-order valence-electron chi connectivity index (χ3n) is 9.50. The molecule has 7 nitrogen and oxygen atoms in total. The predicted molar refractivity (Wildman–Crippen MR) is 185 cm³/mol. The number of carboxylic acids is 1. The molecule has 4 unspecified atom stereocenters. The van der Waals surface area contributed by atoms with Crippen molar-refractivity contribution in [1.82, 2.24) is 9.80 Å². The molecule has 1 saturated heterocycles. The van der Waals surface area contributed by atoms with Gasteiger partial charge in [0.05, 0.1) is 11.1 Å². The normalized spacial score (nSPS) is 29.7. The number of hydrogen-bond acceptors (Lipinski definition) is 5. The van der Waals surface area contributed by atoms with Crippen molar-refractivity contribution in [2.24, 2.45) is 16.3 Å². The summed E-state index contributed by atoms with van der Waals surface area (Å²) in [6, 6.07) is -0.753. The minimum Gasteiger partial charge on any atom is -0.479 e. The number of aliphatic hydroxyl groups is 1. The van der Waals surface area contributed by atoms with E-state index in [1.165, 1.54) is 5.57 Å². The molecular formula is C39H47N3O4. The molecule has 3 aliphatic heterocycles. The number of carbonyl (C=O) groups is 2. The van der Waals surface area contributed by atoms with Crippen molar-refractivity contribution >= 4 is 17.6 Å². The molecule has 6 rings (SSSR count). The van der Waals surface area contributed by atoms with Gasteiger partial charge in [-0.25, -0.2) is 4.79 Å². The zero-order valence-corrected chi connectivity index (χ0v) is 27.1. The van der Waals surface area contributed by atoms with Gasteiger partial charge in [0.2, 0.25) is 5.91 Å². The highest BCUT2D eigenvalue weighted by Crippen LogP contribution is 2.52. The van der Waals surface area contributed by atoms with Crippen molar-refractivity contribution in [1.29, 1.82) is 0 Å². The number of carboxylic acid groups (broad SMARTS) is 1. The van der Waals surface area contributed by atoms with Gasteiger partial charge in [-0.15, -0.1) is 0 Å². The number of fused-ring (bicyclic) bond motifs is 1. The number of rotatable bonds is 6. The van der Waals surface area contributed by atoms with E-state index in [0.717, 1.165) is 54.8 Å². The molecule has 0 aromatic heterocycles. The molecule has 7 heteroatoms. The Hall–Kier alpha value is -4.07. The minimum absolute atomic E-state index is 0.0562. The van der Waals surface area contributed by atoms with Crippen LogP contribution in [-0.4, -0.2) is 69.4 Å². The van der Waals surface area contributed by atoms with E-state index in [9.17, 15) is 19.8 Å². The first kappa shape index (κ1) is 33.3. The Morgan fingerprint density at radius 3 is 2.67 bits per heavy atom. The molecule has 3 heterocycles. The molecule has 2 N–H and O–H groups in total. The lowest BCUT2D eigenvalue weighted by Crippen LogP contribution is -2.57. The highest BCUT2D eigenvalue weighted by molar-refractivity contribution is 5.97. The van der Waals surface area contributed by atoms with Crippen LogP contribution in [0, 0.1) is 11.3 Å². The van der Waals surface area contributed by atoms with Crippen molar-refractivity contribution in [2.75, 3.05) is 19.6 Å². The van der Waals surface area contributed by atoms with Gasteiger partial charge in [0.1, 0.15) is 0 Å². The fourth-order valence-electron chi connectivity index (χ4n) is 7.17. The molecule has 6 aliphatic rings. The number of amides is 1. The molecule has 0 saturated carbocycles. The number of allylic oxidation sites excluding steroid dienone is 15. The zero-order chi connectivity index (χ0) is 32.5. The van der Waals surface area contributed by atoms with Gasteiger partial charge in [0, 0.05) is 43.0 Å². The molecule has 1 spiro atoms. The van der Waals surface area contributed by atoms with E-state index in [4.69, 9.17) is 4.99 Å². The Labute approximate surface area is 273 Å². The third-order valence-corrected chi connectivity index (χ3v) is 9.50. The van der Waals surface area contributed by atoms with Crippen LogP contribution in [0.15, 0.2) is 125 Å². The molecular weight excluding hydrogens is 574 g/mol. The van der Waals surface area contributed by atoms with Gasteiger partial charge in [0.15, 0.2) is 6.10 Å². The third kappa shape index (κ3) is 7.01. The number of aliphatic carboxylic acids is 1. The maximum atomic E-state index is 14.7. The molecule has 0 bridgehead atoms. The van der Waals surface area contributed by atoms with Gasteiger partial charge in [0.25, 0.3) is 0 Å². The van der Waals surface area contributed by atoms with Gasteiger partial charge in [-0.2, -0.15) is 0 Å². The zero-order valence-electron chi connectivity index (χ0n) is 27.1. The SMILES string of the molecule is CC.O=C(O)C(O)C1CC2(CCN1CC1=NCC/C=C\C=C/1)C(=O)N(C1=CC=C(C3C=CCC=CC3)CC=C1)C1=C2C=CCC=C1. The van der Waals surface area contributed by atoms with Gasteiger partial charge in [-0.1, -0.05) is 92.3 Å². The summed E-state index contributed by atoms with van der Waals surface area (Å²) in [4.78, 5) is 35.5. The summed E-state index contributed by atoms with van der Waals surface area (Å²) >= 11 is 0. The first-order valence-electron chi connectivity index (χ1n) is 16.8. The fraction of sp³-hybridized carbons (Fsp3) is 0.410. The predicted octanol–water partition coefficient (Wildman–Crippen LogP) is 6.77. The van der Waals surface area contributed by atoms with Crippen LogP contribution < -0.4 is 0 Å². The number of aliphatic imine (C=N–C) groups is 1. The fourth-order valence-corrected chi connectivity index (χ4v) is 7.17. The Balaban J connectivity index is 0.00000204. The molecule has 242 valence electrons. The maximum Gasteiger partial charge on any atom is 0.334 e. The second-order valence-corrected chi connectivity index (χ2v) is 12.2. The van der Waals surface area contributed by atoms with E-state index in [0.29, 0.717) is 32.0 Å². The van der Waals surface area contributed by atoms with Gasteiger partial charge < -0.3 is 10.2 Å². The van der Waals surface area contributed by atoms with E-state index in [1.807, 2.05) is 60.1 Å². The summed E-state index contributed by atoms with van der Waals surface area (Å²) in [6.07, 6.45) is 36.9. The van der Waals surface area contributed by atoms with Crippen LogP contribution in [0.25, 0.3) is 0 Å². The van der Waals surface area contributed by atoms with E-state index in [1.54, 1.807) is 0 Å². The quantitative estimate of drug-likeness (QED) is 0.319. The van der Waals surface area contributed by atoms with Crippen LogP contribution >= 0.6 is 0 Å². The van der Waals surface area contributed by atoms with E-state index in [2.05, 4.69) is 60.8 Å². The highest BCUT2D eigenvalue weighted by Gasteiger charge is 2.56. The molecule has 4 atom stereocenters. The monoisotopic (exact) mass is 621 g/mol. The number of piperidine rings is 1. The van der Waals surface area contributed by atoms with Crippen LogP contribution in [0.3, 0.4) is 0 Å². The summed E-state index contributed by atoms with van der Waals surface area (Å²) in [7, 11) is 0. The molecule has 3 aliphatic carbocycles. The summed E-state index contributed by atoms with van der Waals surface area (Å²) in [5.41, 5.74) is 3.77. The van der Waals surface area contributed by atoms with Crippen LogP contribution in [0.2, 0.25) is 0 Å². The molecule has 1 fully saturated rings. The van der Waals surface area contributed by atoms with Crippen LogP contribution in [0.4, 0.5) is 0 Å². The molecule has 46 heavy (non-hydrogen) atoms. The lowest BCUT2D eigenvalue weighted by Gasteiger charge is -2.45. The van der Waals surface area contributed by atoms with E-state index in [-0.39, 0.29) is 12.3 Å². The second-order valence-electron chi connectivity index (χ2n) is 12.2. The number of nitrogens with zero attached hydrogens (tertiary/aromatic N) is 3. The number of likely N-dealkylation sites (tertiary alicyclic amines) is 1. The van der Waals surface area contributed by atoms with E-state index >= 15 is 0 Å². The molecule has 1 amide bonds. The second kappa shape index (κ2) is 15.5. The summed E-state index contributed by atoms with van der Waals surface area (Å²) < 4.78 is 0. The van der Waals surface area contributed by atoms with Crippen molar-refractivity contribution in [2.45, 2.75) is 70.9 Å². The number of aliphatic hydroxyl groups excluding tert-OH is 1. The van der Waals surface area contributed by atoms with E-state index < -0.39 is 23.5 Å².